The Balaban J connectivity index is 0.000000450. The number of likely N-dealkylation sites (N-methyl/N-ethyl adjacent to an activating group) is 1. The molecule has 0 aliphatic carbocycles. The molecule has 0 atom stereocenters. The van der Waals surface area contributed by atoms with E-state index in [0.29, 0.717) is 6.73 Å². The average molecular weight is 394 g/mol. The van der Waals surface area contributed by atoms with E-state index in [2.05, 4.69) is 81.8 Å². The Hall–Kier alpha value is -2.58. The molecule has 0 amide bonds. The van der Waals surface area contributed by atoms with E-state index in [1.165, 1.54) is 21.9 Å². The van der Waals surface area contributed by atoms with E-state index < -0.39 is 0 Å². The van der Waals surface area contributed by atoms with E-state index in [1.54, 1.807) is 6.08 Å². The molecular weight excluding hydrogens is 354 g/mol. The maximum Gasteiger partial charge on any atom is 0.142 e. The second kappa shape index (κ2) is 14.4. The highest BCUT2D eigenvalue weighted by Crippen LogP contribution is 2.21. The van der Waals surface area contributed by atoms with Crippen LogP contribution in [0.1, 0.15) is 38.8 Å². The first-order chi connectivity index (χ1) is 13.5. The third-order valence-corrected chi connectivity index (χ3v) is 4.61. The van der Waals surface area contributed by atoms with Crippen molar-refractivity contribution in [2.24, 2.45) is 0 Å². The van der Waals surface area contributed by atoms with Crippen molar-refractivity contribution < 1.29 is 4.74 Å². The maximum atomic E-state index is 5.36. The molecule has 0 fully saturated rings. The standard InChI is InChI=1S/C13H14.C9H13NO.C4H8.CH4/c1-3-11-8-9-12-6-4-5-7-13(12)10(11)2;1-4-8-6-10(3)7-11-9(8)5-2;1-3-4-2;/h4-9H,3H2,1-2H3;4-5H,1-2,6-7H2,3H3;3H,1,4H2,2H3;1H4. The second-order valence-electron chi connectivity index (χ2n) is 6.71. The fraction of sp³-hybridized carbons (Fsp3) is 0.333. The molecule has 1 heterocycles. The van der Waals surface area contributed by atoms with E-state index in [4.69, 9.17) is 4.74 Å². The monoisotopic (exact) mass is 393 g/mol. The summed E-state index contributed by atoms with van der Waals surface area (Å²) in [5, 5.41) is 2.74. The van der Waals surface area contributed by atoms with Crippen LogP contribution in [0, 0.1) is 6.92 Å². The van der Waals surface area contributed by atoms with E-state index in [-0.39, 0.29) is 7.43 Å². The summed E-state index contributed by atoms with van der Waals surface area (Å²) < 4.78 is 5.36. The normalized spacial score (nSPS) is 13.0. The van der Waals surface area contributed by atoms with Crippen LogP contribution in [-0.2, 0) is 11.2 Å². The van der Waals surface area contributed by atoms with Crippen molar-refractivity contribution in [3.05, 3.63) is 96.8 Å². The van der Waals surface area contributed by atoms with Crippen molar-refractivity contribution in [2.75, 3.05) is 20.3 Å². The predicted octanol–water partition coefficient (Wildman–Crippen LogP) is 7.46. The zero-order valence-electron chi connectivity index (χ0n) is 18.0. The van der Waals surface area contributed by atoms with Crippen molar-refractivity contribution >= 4 is 10.8 Å². The van der Waals surface area contributed by atoms with Crippen LogP contribution in [0.5, 0.6) is 0 Å². The topological polar surface area (TPSA) is 12.5 Å². The lowest BCUT2D eigenvalue weighted by Crippen LogP contribution is -2.28. The summed E-state index contributed by atoms with van der Waals surface area (Å²) in [5.74, 6) is 0.859. The van der Waals surface area contributed by atoms with Gasteiger partial charge in [0.1, 0.15) is 12.5 Å². The summed E-state index contributed by atoms with van der Waals surface area (Å²) in [7, 11) is 2.00. The number of nitrogens with zero attached hydrogens (tertiary/aromatic N) is 1. The van der Waals surface area contributed by atoms with Crippen LogP contribution in [0.3, 0.4) is 0 Å². The number of ether oxygens (including phenoxy) is 1. The van der Waals surface area contributed by atoms with Gasteiger partial charge in [0, 0.05) is 12.1 Å². The van der Waals surface area contributed by atoms with Crippen LogP contribution in [-0.4, -0.2) is 25.2 Å². The smallest absolute Gasteiger partial charge is 0.142 e. The quantitative estimate of drug-likeness (QED) is 0.500. The summed E-state index contributed by atoms with van der Waals surface area (Å²) in [4.78, 5) is 2.07. The van der Waals surface area contributed by atoms with Gasteiger partial charge in [0.05, 0.1) is 0 Å². The summed E-state index contributed by atoms with van der Waals surface area (Å²) in [5.41, 5.74) is 3.99. The van der Waals surface area contributed by atoms with Crippen LogP contribution in [0.25, 0.3) is 10.8 Å². The fourth-order valence-electron chi connectivity index (χ4n) is 2.90. The third-order valence-electron chi connectivity index (χ3n) is 4.61. The SMILES string of the molecule is C.C=CC1=C(C=C)OCN(C)C1.C=CCC.CCc1ccc2ccccc2c1C. The zero-order chi connectivity index (χ0) is 20.9. The first-order valence-electron chi connectivity index (χ1n) is 9.89. The lowest BCUT2D eigenvalue weighted by molar-refractivity contribution is 0.0843. The molecule has 0 unspecified atom stereocenters. The van der Waals surface area contributed by atoms with Crippen molar-refractivity contribution in [1.82, 2.24) is 4.90 Å². The molecule has 29 heavy (non-hydrogen) atoms. The highest BCUT2D eigenvalue weighted by atomic mass is 16.5. The summed E-state index contributed by atoms with van der Waals surface area (Å²) in [6.07, 6.45) is 7.62. The number of rotatable bonds is 4. The molecule has 2 aromatic carbocycles. The third kappa shape index (κ3) is 8.13. The zero-order valence-corrected chi connectivity index (χ0v) is 18.0. The van der Waals surface area contributed by atoms with Gasteiger partial charge in [0.25, 0.3) is 0 Å². The Morgan fingerprint density at radius 1 is 1.03 bits per heavy atom. The maximum absolute atomic E-state index is 5.36. The van der Waals surface area contributed by atoms with Gasteiger partial charge in [-0.25, -0.2) is 0 Å². The molecule has 2 aromatic rings. The van der Waals surface area contributed by atoms with Gasteiger partial charge in [-0.2, -0.15) is 0 Å². The molecule has 1 aliphatic rings. The van der Waals surface area contributed by atoms with E-state index in [9.17, 15) is 0 Å². The van der Waals surface area contributed by atoms with Gasteiger partial charge in [-0.15, -0.1) is 6.58 Å². The molecule has 1 aliphatic heterocycles. The molecule has 0 saturated heterocycles. The predicted molar refractivity (Wildman–Crippen MR) is 131 cm³/mol. The Labute approximate surface area is 178 Å². The minimum Gasteiger partial charge on any atom is -0.478 e. The fourth-order valence-corrected chi connectivity index (χ4v) is 2.90. The highest BCUT2D eigenvalue weighted by Gasteiger charge is 2.11. The number of hydrogen-bond donors (Lipinski definition) is 0. The van der Waals surface area contributed by atoms with Crippen LogP contribution in [0.4, 0.5) is 0 Å². The lowest BCUT2D eigenvalue weighted by atomic mass is 9.99. The molecule has 0 aromatic heterocycles. The summed E-state index contributed by atoms with van der Waals surface area (Å²) >= 11 is 0. The van der Waals surface area contributed by atoms with Crippen LogP contribution < -0.4 is 0 Å². The van der Waals surface area contributed by atoms with Gasteiger partial charge in [0.2, 0.25) is 0 Å². The molecule has 0 N–H and O–H groups in total. The van der Waals surface area contributed by atoms with Gasteiger partial charge in [-0.05, 0) is 54.8 Å². The Morgan fingerprint density at radius 3 is 2.24 bits per heavy atom. The van der Waals surface area contributed by atoms with Gasteiger partial charge in [0.15, 0.2) is 0 Å². The molecule has 3 rings (SSSR count). The van der Waals surface area contributed by atoms with Crippen LogP contribution in [0.2, 0.25) is 0 Å². The molecule has 2 nitrogen and oxygen atoms in total. The van der Waals surface area contributed by atoms with Crippen molar-refractivity contribution in [3.8, 4) is 0 Å². The number of fused-ring (bicyclic) bond motifs is 1. The average Bonchev–Trinajstić information content (AvgIpc) is 2.74. The largest absolute Gasteiger partial charge is 0.478 e. The van der Waals surface area contributed by atoms with Crippen LogP contribution in [0.15, 0.2) is 85.7 Å². The Morgan fingerprint density at radius 2 is 1.69 bits per heavy atom. The van der Waals surface area contributed by atoms with Gasteiger partial charge < -0.3 is 4.74 Å². The number of allylic oxidation sites excluding steroid dienone is 2. The van der Waals surface area contributed by atoms with Gasteiger partial charge in [-0.1, -0.05) is 83.0 Å². The number of benzene rings is 2. The molecule has 0 saturated carbocycles. The van der Waals surface area contributed by atoms with Gasteiger partial charge >= 0.3 is 0 Å². The molecule has 158 valence electrons. The Kier molecular flexibility index (Phi) is 13.1. The van der Waals surface area contributed by atoms with Crippen molar-refractivity contribution in [2.45, 2.75) is 41.0 Å². The minimum absolute atomic E-state index is 0. The van der Waals surface area contributed by atoms with Crippen molar-refractivity contribution in [1.29, 1.82) is 0 Å². The highest BCUT2D eigenvalue weighted by molar-refractivity contribution is 5.86. The molecule has 2 heteroatoms. The van der Waals surface area contributed by atoms with Crippen molar-refractivity contribution in [3.63, 3.8) is 0 Å². The first kappa shape index (κ1) is 26.4. The molecule has 0 radical (unpaired) electrons. The second-order valence-corrected chi connectivity index (χ2v) is 6.71. The molecular formula is C27H39NO. The molecule has 0 spiro atoms. The van der Waals surface area contributed by atoms with E-state index in [1.807, 2.05) is 19.2 Å². The lowest BCUT2D eigenvalue weighted by Gasteiger charge is -2.25. The minimum atomic E-state index is 0. The van der Waals surface area contributed by atoms with E-state index >= 15 is 0 Å². The van der Waals surface area contributed by atoms with E-state index in [0.717, 1.165) is 30.7 Å². The Bertz CT molecular complexity index is 816. The van der Waals surface area contributed by atoms with Crippen LogP contribution >= 0.6 is 0 Å². The number of aryl methyl sites for hydroxylation is 2. The number of hydrogen-bond acceptors (Lipinski definition) is 2. The molecule has 0 bridgehead atoms. The summed E-state index contributed by atoms with van der Waals surface area (Å²) in [6.45, 7) is 18.9. The summed E-state index contributed by atoms with van der Waals surface area (Å²) in [6, 6.07) is 13.0. The van der Waals surface area contributed by atoms with Gasteiger partial charge in [-0.3, -0.25) is 4.90 Å². The first-order valence-corrected chi connectivity index (χ1v) is 9.89.